The zero-order chi connectivity index (χ0) is 11.1. The van der Waals surface area contributed by atoms with Gasteiger partial charge < -0.3 is 10.1 Å². The molecular weight excluding hydrogens is 178 g/mol. The van der Waals surface area contributed by atoms with Gasteiger partial charge in [-0.25, -0.2) is 0 Å². The summed E-state index contributed by atoms with van der Waals surface area (Å²) in [4.78, 5) is 11.1. The molecule has 0 spiro atoms. The van der Waals surface area contributed by atoms with Crippen LogP contribution in [0.3, 0.4) is 0 Å². The molecule has 3 heteroatoms. The lowest BCUT2D eigenvalue weighted by Crippen LogP contribution is -2.21. The number of esters is 1. The number of rotatable bonds is 6. The second-order valence-electron chi connectivity index (χ2n) is 3.68. The van der Waals surface area contributed by atoms with E-state index < -0.39 is 0 Å². The lowest BCUT2D eigenvalue weighted by Gasteiger charge is -2.18. The molecule has 0 aliphatic carbocycles. The molecule has 0 aliphatic heterocycles. The van der Waals surface area contributed by atoms with Gasteiger partial charge in [0, 0.05) is 5.71 Å². The predicted octanol–water partition coefficient (Wildman–Crippen LogP) is 2.64. The predicted molar refractivity (Wildman–Crippen MR) is 57.6 cm³/mol. The van der Waals surface area contributed by atoms with Gasteiger partial charge in [0.05, 0.1) is 13.0 Å². The van der Waals surface area contributed by atoms with Gasteiger partial charge in [0.25, 0.3) is 0 Å². The van der Waals surface area contributed by atoms with E-state index in [2.05, 4.69) is 13.8 Å². The van der Waals surface area contributed by atoms with Crippen molar-refractivity contribution >= 4 is 11.7 Å². The fraction of sp³-hybridized carbons (Fsp3) is 0.818. The third-order valence-electron chi connectivity index (χ3n) is 2.69. The molecular formula is C11H21NO2. The Morgan fingerprint density at radius 2 is 1.93 bits per heavy atom. The molecule has 0 saturated carbocycles. The molecule has 0 heterocycles. The highest BCUT2D eigenvalue weighted by atomic mass is 16.5. The number of ether oxygens (including phenoxy) is 1. The largest absolute Gasteiger partial charge is 0.466 e. The zero-order valence-electron chi connectivity index (χ0n) is 9.59. The maximum absolute atomic E-state index is 11.1. The maximum atomic E-state index is 11.1. The molecule has 0 radical (unpaired) electrons. The smallest absolute Gasteiger partial charge is 0.311 e. The average Bonchev–Trinajstić information content (AvgIpc) is 2.15. The van der Waals surface area contributed by atoms with Crippen molar-refractivity contribution < 1.29 is 9.53 Å². The van der Waals surface area contributed by atoms with Gasteiger partial charge in [-0.1, -0.05) is 27.2 Å². The van der Waals surface area contributed by atoms with E-state index in [0.717, 1.165) is 6.42 Å². The van der Waals surface area contributed by atoms with Crippen LogP contribution in [0.2, 0.25) is 0 Å². The van der Waals surface area contributed by atoms with Gasteiger partial charge in [-0.05, 0) is 18.8 Å². The summed E-state index contributed by atoms with van der Waals surface area (Å²) in [6, 6.07) is 0. The van der Waals surface area contributed by atoms with Crippen molar-refractivity contribution in [2.24, 2.45) is 11.8 Å². The lowest BCUT2D eigenvalue weighted by molar-refractivity contribution is -0.141. The standard InChI is InChI=1S/C11H21NO2/c1-5-8(3)9(4)10(12)7-11(13)14-6-2/h8-9,12H,5-7H2,1-4H3/t8-,9-/m1/s1. The van der Waals surface area contributed by atoms with Gasteiger partial charge in [0.1, 0.15) is 0 Å². The Hall–Kier alpha value is -0.860. The van der Waals surface area contributed by atoms with Gasteiger partial charge in [0.15, 0.2) is 0 Å². The molecule has 2 atom stereocenters. The quantitative estimate of drug-likeness (QED) is 0.528. The normalized spacial score (nSPS) is 14.6. The Labute approximate surface area is 86.3 Å². The SMILES string of the molecule is CCOC(=O)CC(=N)[C@H](C)[C@H](C)CC. The Morgan fingerprint density at radius 1 is 1.36 bits per heavy atom. The van der Waals surface area contributed by atoms with E-state index in [1.807, 2.05) is 6.92 Å². The Morgan fingerprint density at radius 3 is 2.36 bits per heavy atom. The highest BCUT2D eigenvalue weighted by molar-refractivity contribution is 5.98. The highest BCUT2D eigenvalue weighted by Crippen LogP contribution is 2.17. The van der Waals surface area contributed by atoms with Gasteiger partial charge >= 0.3 is 5.97 Å². The molecule has 0 fully saturated rings. The first kappa shape index (κ1) is 13.1. The summed E-state index contributed by atoms with van der Waals surface area (Å²) >= 11 is 0. The molecule has 0 aromatic rings. The number of carbonyl (C=O) groups is 1. The van der Waals surface area contributed by atoms with Crippen molar-refractivity contribution in [2.45, 2.75) is 40.5 Å². The van der Waals surface area contributed by atoms with Crippen molar-refractivity contribution in [2.75, 3.05) is 6.61 Å². The minimum Gasteiger partial charge on any atom is -0.466 e. The van der Waals surface area contributed by atoms with Crippen LogP contribution in [-0.2, 0) is 9.53 Å². The van der Waals surface area contributed by atoms with Crippen LogP contribution in [0.1, 0.15) is 40.5 Å². The van der Waals surface area contributed by atoms with Crippen LogP contribution in [0.4, 0.5) is 0 Å². The first-order valence-electron chi connectivity index (χ1n) is 5.25. The molecule has 0 aromatic carbocycles. The summed E-state index contributed by atoms with van der Waals surface area (Å²) in [6.45, 7) is 8.36. The second kappa shape index (κ2) is 6.57. The molecule has 14 heavy (non-hydrogen) atoms. The number of hydrogen-bond donors (Lipinski definition) is 1. The summed E-state index contributed by atoms with van der Waals surface area (Å²) < 4.78 is 4.80. The maximum Gasteiger partial charge on any atom is 0.311 e. The van der Waals surface area contributed by atoms with E-state index in [1.54, 1.807) is 6.92 Å². The molecule has 0 unspecified atom stereocenters. The molecule has 0 aromatic heterocycles. The molecule has 0 amide bonds. The van der Waals surface area contributed by atoms with Crippen molar-refractivity contribution in [1.82, 2.24) is 0 Å². The average molecular weight is 199 g/mol. The number of carbonyl (C=O) groups excluding carboxylic acids is 1. The van der Waals surface area contributed by atoms with Gasteiger partial charge in [-0.2, -0.15) is 0 Å². The molecule has 1 N–H and O–H groups in total. The van der Waals surface area contributed by atoms with E-state index in [-0.39, 0.29) is 18.3 Å². The van der Waals surface area contributed by atoms with Crippen LogP contribution in [0, 0.1) is 17.2 Å². The third-order valence-corrected chi connectivity index (χ3v) is 2.69. The van der Waals surface area contributed by atoms with Crippen LogP contribution in [-0.4, -0.2) is 18.3 Å². The molecule has 3 nitrogen and oxygen atoms in total. The number of hydrogen-bond acceptors (Lipinski definition) is 3. The van der Waals surface area contributed by atoms with Gasteiger partial charge in [-0.15, -0.1) is 0 Å². The van der Waals surface area contributed by atoms with Crippen LogP contribution in [0.15, 0.2) is 0 Å². The molecule has 0 rings (SSSR count). The molecule has 0 aliphatic rings. The van der Waals surface area contributed by atoms with Crippen LogP contribution < -0.4 is 0 Å². The molecule has 0 saturated heterocycles. The summed E-state index contributed by atoms with van der Waals surface area (Å²) in [5.74, 6) is 0.342. The Balaban J connectivity index is 4.01. The van der Waals surface area contributed by atoms with Crippen molar-refractivity contribution in [3.05, 3.63) is 0 Å². The minimum absolute atomic E-state index is 0.138. The lowest BCUT2D eigenvalue weighted by atomic mass is 9.88. The minimum atomic E-state index is -0.285. The summed E-state index contributed by atoms with van der Waals surface area (Å²) in [5.41, 5.74) is 0.484. The van der Waals surface area contributed by atoms with E-state index in [1.165, 1.54) is 0 Å². The first-order valence-corrected chi connectivity index (χ1v) is 5.25. The third kappa shape index (κ3) is 4.40. The van der Waals surface area contributed by atoms with Gasteiger partial charge in [0.2, 0.25) is 0 Å². The zero-order valence-corrected chi connectivity index (χ0v) is 9.59. The molecule has 82 valence electrons. The van der Waals surface area contributed by atoms with E-state index >= 15 is 0 Å². The highest BCUT2D eigenvalue weighted by Gasteiger charge is 2.18. The van der Waals surface area contributed by atoms with E-state index in [4.69, 9.17) is 10.1 Å². The van der Waals surface area contributed by atoms with Gasteiger partial charge in [-0.3, -0.25) is 4.79 Å². The van der Waals surface area contributed by atoms with Crippen LogP contribution in [0.25, 0.3) is 0 Å². The summed E-state index contributed by atoms with van der Waals surface area (Å²) in [6.07, 6.45) is 1.17. The van der Waals surface area contributed by atoms with Crippen LogP contribution in [0.5, 0.6) is 0 Å². The summed E-state index contributed by atoms with van der Waals surface area (Å²) in [7, 11) is 0. The van der Waals surface area contributed by atoms with Crippen molar-refractivity contribution in [1.29, 1.82) is 5.41 Å². The van der Waals surface area contributed by atoms with E-state index in [9.17, 15) is 4.79 Å². The fourth-order valence-electron chi connectivity index (χ4n) is 1.23. The molecule has 0 bridgehead atoms. The Bertz CT molecular complexity index is 201. The van der Waals surface area contributed by atoms with Crippen LogP contribution >= 0.6 is 0 Å². The van der Waals surface area contributed by atoms with Crippen molar-refractivity contribution in [3.63, 3.8) is 0 Å². The first-order chi connectivity index (χ1) is 6.52. The Kier molecular flexibility index (Phi) is 6.17. The van der Waals surface area contributed by atoms with E-state index in [0.29, 0.717) is 18.2 Å². The fourth-order valence-corrected chi connectivity index (χ4v) is 1.23. The van der Waals surface area contributed by atoms with Crippen molar-refractivity contribution in [3.8, 4) is 0 Å². The topological polar surface area (TPSA) is 50.2 Å². The second-order valence-corrected chi connectivity index (χ2v) is 3.68. The summed E-state index contributed by atoms with van der Waals surface area (Å²) in [5, 5.41) is 7.74. The number of nitrogens with one attached hydrogen (secondary N) is 1. The monoisotopic (exact) mass is 199 g/mol.